The SMILES string of the molecule is Cc1c(C(=O)OCc2cccc(C#N)c2)sc2ccccc12. The molecule has 0 spiro atoms. The summed E-state index contributed by atoms with van der Waals surface area (Å²) in [5.41, 5.74) is 2.33. The van der Waals surface area contributed by atoms with Gasteiger partial charge in [-0.25, -0.2) is 4.79 Å². The molecule has 0 aliphatic rings. The molecule has 0 atom stereocenters. The second kappa shape index (κ2) is 6.00. The van der Waals surface area contributed by atoms with Crippen molar-refractivity contribution in [2.24, 2.45) is 0 Å². The molecule has 0 N–H and O–H groups in total. The highest BCUT2D eigenvalue weighted by atomic mass is 32.1. The van der Waals surface area contributed by atoms with Gasteiger partial charge < -0.3 is 4.74 Å². The number of rotatable bonds is 3. The molecule has 2 aromatic carbocycles. The van der Waals surface area contributed by atoms with E-state index >= 15 is 0 Å². The minimum Gasteiger partial charge on any atom is -0.457 e. The summed E-state index contributed by atoms with van der Waals surface area (Å²) in [6.07, 6.45) is 0. The summed E-state index contributed by atoms with van der Waals surface area (Å²) in [6.45, 7) is 2.10. The Morgan fingerprint density at radius 1 is 1.23 bits per heavy atom. The van der Waals surface area contributed by atoms with E-state index in [-0.39, 0.29) is 12.6 Å². The summed E-state index contributed by atoms with van der Waals surface area (Å²) in [4.78, 5) is 12.9. The lowest BCUT2D eigenvalue weighted by Gasteiger charge is -2.04. The molecule has 0 unspecified atom stereocenters. The maximum atomic E-state index is 12.3. The Morgan fingerprint density at radius 3 is 2.82 bits per heavy atom. The number of carbonyl (C=O) groups is 1. The van der Waals surface area contributed by atoms with Crippen LogP contribution in [0.15, 0.2) is 48.5 Å². The fraction of sp³-hybridized carbons (Fsp3) is 0.111. The van der Waals surface area contributed by atoms with Gasteiger partial charge in [-0.15, -0.1) is 11.3 Å². The van der Waals surface area contributed by atoms with Gasteiger partial charge in [0.2, 0.25) is 0 Å². The fourth-order valence-electron chi connectivity index (χ4n) is 2.31. The summed E-state index contributed by atoms with van der Waals surface area (Å²) in [5, 5.41) is 9.97. The van der Waals surface area contributed by atoms with E-state index in [1.54, 1.807) is 18.2 Å². The van der Waals surface area contributed by atoms with Crippen molar-refractivity contribution in [1.82, 2.24) is 0 Å². The van der Waals surface area contributed by atoms with E-state index in [1.165, 1.54) is 11.3 Å². The molecule has 0 aliphatic heterocycles. The number of esters is 1. The maximum absolute atomic E-state index is 12.3. The van der Waals surface area contributed by atoms with Crippen molar-refractivity contribution in [3.05, 3.63) is 70.1 Å². The number of benzene rings is 2. The lowest BCUT2D eigenvalue weighted by Crippen LogP contribution is -2.04. The molecule has 0 saturated heterocycles. The summed E-state index contributed by atoms with van der Waals surface area (Å²) in [6, 6.07) is 17.1. The van der Waals surface area contributed by atoms with E-state index < -0.39 is 0 Å². The first-order chi connectivity index (χ1) is 10.7. The van der Waals surface area contributed by atoms with Gasteiger partial charge in [0, 0.05) is 4.70 Å². The van der Waals surface area contributed by atoms with Crippen molar-refractivity contribution in [3.63, 3.8) is 0 Å². The molecular weight excluding hydrogens is 294 g/mol. The number of aryl methyl sites for hydroxylation is 1. The number of ether oxygens (including phenoxy) is 1. The number of nitrogens with zero attached hydrogens (tertiary/aromatic N) is 1. The Bertz CT molecular complexity index is 889. The van der Waals surface area contributed by atoms with E-state index in [4.69, 9.17) is 10.00 Å². The van der Waals surface area contributed by atoms with Crippen LogP contribution in [0.25, 0.3) is 10.1 Å². The predicted molar refractivity (Wildman–Crippen MR) is 86.8 cm³/mol. The minimum absolute atomic E-state index is 0.169. The number of nitriles is 1. The smallest absolute Gasteiger partial charge is 0.348 e. The van der Waals surface area contributed by atoms with E-state index in [0.717, 1.165) is 21.2 Å². The standard InChI is InChI=1S/C18H13NO2S/c1-12-15-7-2-3-8-16(15)22-17(12)18(20)21-11-14-6-4-5-13(9-14)10-19/h2-9H,11H2,1H3. The zero-order valence-corrected chi connectivity index (χ0v) is 12.8. The number of hydrogen-bond donors (Lipinski definition) is 0. The predicted octanol–water partition coefficient (Wildman–Crippen LogP) is 4.44. The Balaban J connectivity index is 1.79. The fourth-order valence-corrected chi connectivity index (χ4v) is 3.42. The molecule has 0 radical (unpaired) electrons. The van der Waals surface area contributed by atoms with Crippen LogP contribution in [0, 0.1) is 18.3 Å². The first kappa shape index (κ1) is 14.3. The van der Waals surface area contributed by atoms with Crippen LogP contribution in [-0.2, 0) is 11.3 Å². The minimum atomic E-state index is -0.318. The van der Waals surface area contributed by atoms with Crippen LogP contribution in [0.4, 0.5) is 0 Å². The van der Waals surface area contributed by atoms with E-state index in [2.05, 4.69) is 6.07 Å². The van der Waals surface area contributed by atoms with Crippen molar-refractivity contribution < 1.29 is 9.53 Å². The molecule has 4 heteroatoms. The van der Waals surface area contributed by atoms with Crippen LogP contribution in [0.2, 0.25) is 0 Å². The molecule has 22 heavy (non-hydrogen) atoms. The van der Waals surface area contributed by atoms with Crippen LogP contribution in [0.1, 0.15) is 26.4 Å². The Morgan fingerprint density at radius 2 is 2.05 bits per heavy atom. The lowest BCUT2D eigenvalue weighted by atomic mass is 10.1. The van der Waals surface area contributed by atoms with Gasteiger partial charge in [-0.1, -0.05) is 30.3 Å². The summed E-state index contributed by atoms with van der Waals surface area (Å²) in [7, 11) is 0. The molecule has 1 aromatic heterocycles. The van der Waals surface area contributed by atoms with Crippen LogP contribution in [0.3, 0.4) is 0 Å². The Kier molecular flexibility index (Phi) is 3.90. The topological polar surface area (TPSA) is 50.1 Å². The van der Waals surface area contributed by atoms with Gasteiger partial charge in [-0.2, -0.15) is 5.26 Å². The lowest BCUT2D eigenvalue weighted by molar-refractivity contribution is 0.0478. The molecule has 0 amide bonds. The van der Waals surface area contributed by atoms with Gasteiger partial charge in [-0.3, -0.25) is 0 Å². The second-order valence-electron chi connectivity index (χ2n) is 4.94. The highest BCUT2D eigenvalue weighted by Crippen LogP contribution is 2.31. The molecular formula is C18H13NO2S. The first-order valence-corrected chi connectivity index (χ1v) is 7.65. The Labute approximate surface area is 132 Å². The van der Waals surface area contributed by atoms with Crippen LogP contribution < -0.4 is 0 Å². The van der Waals surface area contributed by atoms with E-state index in [0.29, 0.717) is 10.4 Å². The van der Waals surface area contributed by atoms with Gasteiger partial charge in [0.15, 0.2) is 0 Å². The zero-order valence-electron chi connectivity index (χ0n) is 12.0. The normalized spacial score (nSPS) is 10.4. The van der Waals surface area contributed by atoms with Crippen molar-refractivity contribution in [1.29, 1.82) is 5.26 Å². The molecule has 3 aromatic rings. The van der Waals surface area contributed by atoms with Gasteiger partial charge in [0.05, 0.1) is 11.6 Å². The van der Waals surface area contributed by atoms with E-state index in [9.17, 15) is 4.79 Å². The molecule has 0 fully saturated rings. The molecule has 0 bridgehead atoms. The molecule has 0 aliphatic carbocycles. The third-order valence-electron chi connectivity index (χ3n) is 3.46. The van der Waals surface area contributed by atoms with Gasteiger partial charge in [-0.05, 0) is 41.6 Å². The van der Waals surface area contributed by atoms with Crippen molar-refractivity contribution in [3.8, 4) is 6.07 Å². The van der Waals surface area contributed by atoms with Gasteiger partial charge in [0.25, 0.3) is 0 Å². The average molecular weight is 307 g/mol. The molecule has 3 rings (SSSR count). The number of carbonyl (C=O) groups excluding carboxylic acids is 1. The number of fused-ring (bicyclic) bond motifs is 1. The Hall–Kier alpha value is -2.64. The highest BCUT2D eigenvalue weighted by molar-refractivity contribution is 7.21. The molecule has 0 saturated carbocycles. The first-order valence-electron chi connectivity index (χ1n) is 6.83. The summed E-state index contributed by atoms with van der Waals surface area (Å²) < 4.78 is 6.47. The molecule has 1 heterocycles. The zero-order chi connectivity index (χ0) is 15.5. The summed E-state index contributed by atoms with van der Waals surface area (Å²) >= 11 is 1.45. The van der Waals surface area contributed by atoms with Gasteiger partial charge >= 0.3 is 5.97 Å². The highest BCUT2D eigenvalue weighted by Gasteiger charge is 2.16. The van der Waals surface area contributed by atoms with Crippen LogP contribution >= 0.6 is 11.3 Å². The second-order valence-corrected chi connectivity index (χ2v) is 5.99. The molecule has 108 valence electrons. The average Bonchev–Trinajstić information content (AvgIpc) is 2.90. The number of thiophene rings is 1. The molecule has 3 nitrogen and oxygen atoms in total. The van der Waals surface area contributed by atoms with Gasteiger partial charge in [0.1, 0.15) is 11.5 Å². The third kappa shape index (κ3) is 2.72. The van der Waals surface area contributed by atoms with Crippen molar-refractivity contribution >= 4 is 27.4 Å². The monoisotopic (exact) mass is 307 g/mol. The number of hydrogen-bond acceptors (Lipinski definition) is 4. The van der Waals surface area contributed by atoms with Crippen molar-refractivity contribution in [2.75, 3.05) is 0 Å². The maximum Gasteiger partial charge on any atom is 0.348 e. The van der Waals surface area contributed by atoms with Crippen LogP contribution in [0.5, 0.6) is 0 Å². The largest absolute Gasteiger partial charge is 0.457 e. The quantitative estimate of drug-likeness (QED) is 0.672. The summed E-state index contributed by atoms with van der Waals surface area (Å²) in [5.74, 6) is -0.318. The van der Waals surface area contributed by atoms with Crippen molar-refractivity contribution in [2.45, 2.75) is 13.5 Å². The van der Waals surface area contributed by atoms with E-state index in [1.807, 2.05) is 37.3 Å². The van der Waals surface area contributed by atoms with Crippen LogP contribution in [-0.4, -0.2) is 5.97 Å². The third-order valence-corrected chi connectivity index (χ3v) is 4.71.